The first-order valence-electron chi connectivity index (χ1n) is 9.16. The molecule has 2 aliphatic heterocycles. The Hall–Kier alpha value is -2.00. The average molecular weight is 413 g/mol. The van der Waals surface area contributed by atoms with Crippen LogP contribution in [0.4, 0.5) is 0 Å². The quantitative estimate of drug-likeness (QED) is 0.579. The highest BCUT2D eigenvalue weighted by Gasteiger charge is 2.50. The summed E-state index contributed by atoms with van der Waals surface area (Å²) in [5.74, 6) is 1.79. The molecule has 3 heterocycles. The number of nitrogens with zero attached hydrogens (tertiary/aromatic N) is 2. The molecule has 2 fully saturated rings. The van der Waals surface area contributed by atoms with Gasteiger partial charge in [-0.2, -0.15) is 11.8 Å². The van der Waals surface area contributed by atoms with E-state index in [1.54, 1.807) is 22.7 Å². The van der Waals surface area contributed by atoms with E-state index in [1.807, 2.05) is 31.3 Å². The zero-order chi connectivity index (χ0) is 20.7. The van der Waals surface area contributed by atoms with Gasteiger partial charge in [0.05, 0.1) is 11.2 Å². The van der Waals surface area contributed by atoms with Crippen LogP contribution in [0.3, 0.4) is 0 Å². The third-order valence-electron chi connectivity index (χ3n) is 5.06. The number of carbonyl (C=O) groups excluding carboxylic acids is 2. The highest BCUT2D eigenvalue weighted by molar-refractivity contribution is 7.97. The number of esters is 1. The predicted octanol–water partition coefficient (Wildman–Crippen LogP) is 1.94. The molecule has 156 valence electrons. The molecule has 9 heteroatoms. The summed E-state index contributed by atoms with van der Waals surface area (Å²) in [5.41, 5.74) is -0.412. The standard InChI is InChI=1S/C18H26N2O4S.CH2O2/c1-19(2)11-14-10-18(17(22)24-14)6-8-20(9-7-18)16(21)15-5-4-13(23-15)12-25-3;2-1-3/h4-5,14H,6-12H2,1-3H3;1H,(H,2,3). The number of thioether (sulfide) groups is 1. The van der Waals surface area contributed by atoms with Crippen molar-refractivity contribution in [2.45, 2.75) is 31.1 Å². The van der Waals surface area contributed by atoms with E-state index in [0.29, 0.717) is 31.7 Å². The molecule has 1 aromatic heterocycles. The number of hydrogen-bond acceptors (Lipinski definition) is 7. The first kappa shape index (κ1) is 22.3. The molecule has 1 amide bonds. The minimum Gasteiger partial charge on any atom is -0.483 e. The average Bonchev–Trinajstić information content (AvgIpc) is 3.21. The Kier molecular flexibility index (Phi) is 7.94. The lowest BCUT2D eigenvalue weighted by molar-refractivity contribution is -0.150. The number of carbonyl (C=O) groups is 3. The lowest BCUT2D eigenvalue weighted by Crippen LogP contribution is -2.45. The number of ether oxygens (including phenoxy) is 1. The number of hydrogen-bond donors (Lipinski definition) is 1. The summed E-state index contributed by atoms with van der Waals surface area (Å²) >= 11 is 1.66. The molecule has 1 N–H and O–H groups in total. The van der Waals surface area contributed by atoms with Crippen molar-refractivity contribution in [3.8, 4) is 0 Å². The maximum absolute atomic E-state index is 12.6. The zero-order valence-electron chi connectivity index (χ0n) is 16.6. The van der Waals surface area contributed by atoms with Crippen LogP contribution >= 0.6 is 11.8 Å². The molecule has 0 aliphatic carbocycles. The third-order valence-corrected chi connectivity index (χ3v) is 5.63. The predicted molar refractivity (Wildman–Crippen MR) is 105 cm³/mol. The van der Waals surface area contributed by atoms with Gasteiger partial charge in [0.2, 0.25) is 0 Å². The first-order chi connectivity index (χ1) is 13.3. The van der Waals surface area contributed by atoms with Crippen molar-refractivity contribution in [2.24, 2.45) is 5.41 Å². The second-order valence-electron chi connectivity index (χ2n) is 7.37. The van der Waals surface area contributed by atoms with Gasteiger partial charge in [-0.1, -0.05) is 0 Å². The molecular formula is C19H28N2O6S. The molecule has 0 radical (unpaired) electrons. The minimum atomic E-state index is -0.412. The maximum atomic E-state index is 12.6. The summed E-state index contributed by atoms with van der Waals surface area (Å²) in [6.45, 7) is 1.64. The van der Waals surface area contributed by atoms with Gasteiger partial charge in [-0.15, -0.1) is 0 Å². The van der Waals surface area contributed by atoms with Crippen LogP contribution in [0.1, 0.15) is 35.6 Å². The lowest BCUT2D eigenvalue weighted by atomic mass is 9.76. The summed E-state index contributed by atoms with van der Waals surface area (Å²) in [7, 11) is 3.96. The van der Waals surface area contributed by atoms with Crippen molar-refractivity contribution in [3.63, 3.8) is 0 Å². The molecule has 2 saturated heterocycles. The molecule has 0 saturated carbocycles. The second-order valence-corrected chi connectivity index (χ2v) is 8.24. The topological polar surface area (TPSA) is 100 Å². The van der Waals surface area contributed by atoms with E-state index in [1.165, 1.54) is 0 Å². The van der Waals surface area contributed by atoms with Crippen LogP contribution in [0.5, 0.6) is 0 Å². The molecule has 0 aromatic carbocycles. The number of piperidine rings is 1. The van der Waals surface area contributed by atoms with Crippen molar-refractivity contribution in [1.82, 2.24) is 9.80 Å². The van der Waals surface area contributed by atoms with Gasteiger partial charge in [-0.25, -0.2) is 0 Å². The Morgan fingerprint density at radius 1 is 1.39 bits per heavy atom. The normalized spacial score (nSPS) is 20.6. The van der Waals surface area contributed by atoms with E-state index in [9.17, 15) is 9.59 Å². The Balaban J connectivity index is 0.000000878. The summed E-state index contributed by atoms with van der Waals surface area (Å²) in [6.07, 6.45) is 4.05. The molecule has 1 spiro atoms. The highest BCUT2D eigenvalue weighted by atomic mass is 32.2. The number of amides is 1. The molecule has 3 rings (SSSR count). The molecule has 28 heavy (non-hydrogen) atoms. The van der Waals surface area contributed by atoms with E-state index in [2.05, 4.69) is 0 Å². The summed E-state index contributed by atoms with van der Waals surface area (Å²) in [4.78, 5) is 37.2. The Bertz CT molecular complexity index is 682. The molecule has 8 nitrogen and oxygen atoms in total. The van der Waals surface area contributed by atoms with Crippen molar-refractivity contribution in [3.05, 3.63) is 23.7 Å². The van der Waals surface area contributed by atoms with Crippen LogP contribution < -0.4 is 0 Å². The van der Waals surface area contributed by atoms with E-state index in [0.717, 1.165) is 24.5 Å². The number of carboxylic acid groups (broad SMARTS) is 1. The number of likely N-dealkylation sites (N-methyl/N-ethyl adjacent to an activating group) is 1. The van der Waals surface area contributed by atoms with Crippen LogP contribution in [0.15, 0.2) is 16.5 Å². The van der Waals surface area contributed by atoms with Gasteiger partial charge in [0.15, 0.2) is 5.76 Å². The fraction of sp³-hybridized carbons (Fsp3) is 0.632. The summed E-state index contributed by atoms with van der Waals surface area (Å²) < 4.78 is 11.2. The van der Waals surface area contributed by atoms with Crippen molar-refractivity contribution >= 4 is 30.1 Å². The first-order valence-corrected chi connectivity index (χ1v) is 10.5. The van der Waals surface area contributed by atoms with Gasteiger partial charge in [0, 0.05) is 26.1 Å². The van der Waals surface area contributed by atoms with Crippen LogP contribution in [0, 0.1) is 5.41 Å². The zero-order valence-corrected chi connectivity index (χ0v) is 17.4. The smallest absolute Gasteiger partial charge is 0.312 e. The Morgan fingerprint density at radius 2 is 2.04 bits per heavy atom. The van der Waals surface area contributed by atoms with Gasteiger partial charge in [0.25, 0.3) is 12.4 Å². The SMILES string of the molecule is CSCc1ccc(C(=O)N2CCC3(CC2)CC(CN(C)C)OC3=O)o1.O=CO. The molecule has 1 aromatic rings. The van der Waals surface area contributed by atoms with Gasteiger partial charge in [-0.3, -0.25) is 14.4 Å². The third kappa shape index (κ3) is 5.29. The molecule has 0 bridgehead atoms. The molecule has 2 aliphatic rings. The fourth-order valence-electron chi connectivity index (χ4n) is 3.76. The van der Waals surface area contributed by atoms with Gasteiger partial charge in [0.1, 0.15) is 11.9 Å². The number of furan rings is 1. The van der Waals surface area contributed by atoms with Gasteiger partial charge < -0.3 is 24.1 Å². The van der Waals surface area contributed by atoms with Gasteiger partial charge in [-0.05, 0) is 45.3 Å². The van der Waals surface area contributed by atoms with Gasteiger partial charge >= 0.3 is 5.97 Å². The van der Waals surface area contributed by atoms with Crippen molar-refractivity contribution < 1.29 is 28.6 Å². The van der Waals surface area contributed by atoms with Crippen LogP contribution in [0.25, 0.3) is 0 Å². The van der Waals surface area contributed by atoms with Crippen LogP contribution in [-0.4, -0.2) is 79.3 Å². The molecule has 1 unspecified atom stereocenters. The Morgan fingerprint density at radius 3 is 2.61 bits per heavy atom. The van der Waals surface area contributed by atoms with Crippen molar-refractivity contribution in [1.29, 1.82) is 0 Å². The molecule has 1 atom stereocenters. The minimum absolute atomic E-state index is 0.0380. The van der Waals surface area contributed by atoms with E-state index in [4.69, 9.17) is 19.1 Å². The summed E-state index contributed by atoms with van der Waals surface area (Å²) in [5, 5.41) is 6.89. The van der Waals surface area contributed by atoms with Crippen molar-refractivity contribution in [2.75, 3.05) is 40.0 Å². The van der Waals surface area contributed by atoms with E-state index in [-0.39, 0.29) is 24.5 Å². The number of cyclic esters (lactones) is 1. The lowest BCUT2D eigenvalue weighted by Gasteiger charge is -2.36. The summed E-state index contributed by atoms with van der Waals surface area (Å²) in [6, 6.07) is 3.60. The van der Waals surface area contributed by atoms with E-state index < -0.39 is 5.41 Å². The fourth-order valence-corrected chi connectivity index (χ4v) is 4.20. The number of rotatable bonds is 5. The van der Waals surface area contributed by atoms with Crippen LogP contribution in [0.2, 0.25) is 0 Å². The number of likely N-dealkylation sites (tertiary alicyclic amines) is 1. The highest BCUT2D eigenvalue weighted by Crippen LogP contribution is 2.43. The second kappa shape index (κ2) is 9.97. The largest absolute Gasteiger partial charge is 0.483 e. The maximum Gasteiger partial charge on any atom is 0.312 e. The monoisotopic (exact) mass is 412 g/mol. The molecular weight excluding hydrogens is 384 g/mol. The van der Waals surface area contributed by atoms with E-state index >= 15 is 0 Å². The van der Waals surface area contributed by atoms with Crippen LogP contribution in [-0.2, 0) is 20.1 Å². The Labute approximate surface area is 169 Å².